The second kappa shape index (κ2) is 9.32. The van der Waals surface area contributed by atoms with Crippen molar-refractivity contribution in [3.05, 3.63) is 46.1 Å². The third-order valence-electron chi connectivity index (χ3n) is 5.67. The summed E-state index contributed by atoms with van der Waals surface area (Å²) in [6, 6.07) is 5.89. The lowest BCUT2D eigenvalue weighted by molar-refractivity contribution is -0.118. The van der Waals surface area contributed by atoms with Crippen molar-refractivity contribution in [2.24, 2.45) is 0 Å². The molecule has 4 rings (SSSR count). The summed E-state index contributed by atoms with van der Waals surface area (Å²) in [5, 5.41) is 4.90. The van der Waals surface area contributed by atoms with E-state index in [2.05, 4.69) is 11.4 Å². The Morgan fingerprint density at radius 2 is 2.00 bits per heavy atom. The fourth-order valence-electron chi connectivity index (χ4n) is 4.20. The summed E-state index contributed by atoms with van der Waals surface area (Å²) < 4.78 is 0. The van der Waals surface area contributed by atoms with Gasteiger partial charge < -0.3 is 5.32 Å². The number of carbonyl (C=O) groups excluding carboxylic acids is 1. The van der Waals surface area contributed by atoms with Gasteiger partial charge in [-0.05, 0) is 81.5 Å². The number of allylic oxidation sites excluding steroid dienone is 1. The summed E-state index contributed by atoms with van der Waals surface area (Å²) in [7, 11) is 0. The predicted molar refractivity (Wildman–Crippen MR) is 118 cm³/mol. The molecule has 2 aliphatic rings. The van der Waals surface area contributed by atoms with E-state index < -0.39 is 0 Å². The maximum atomic E-state index is 12.4. The number of benzene rings is 1. The maximum absolute atomic E-state index is 12.4. The van der Waals surface area contributed by atoms with Gasteiger partial charge in [0.1, 0.15) is 0 Å². The number of pyridine rings is 1. The van der Waals surface area contributed by atoms with E-state index in [1.165, 1.54) is 60.3 Å². The van der Waals surface area contributed by atoms with Crippen molar-refractivity contribution in [2.75, 3.05) is 12.3 Å². The molecule has 2 aliphatic carbocycles. The van der Waals surface area contributed by atoms with Gasteiger partial charge in [-0.2, -0.15) is 0 Å². The second-order valence-corrected chi connectivity index (χ2v) is 9.15. The monoisotopic (exact) mass is 414 g/mol. The Kier molecular flexibility index (Phi) is 6.58. The number of hydrogen-bond acceptors (Lipinski definition) is 3. The highest BCUT2D eigenvalue weighted by Crippen LogP contribution is 2.37. The molecule has 1 amide bonds. The Bertz CT molecular complexity index is 909. The summed E-state index contributed by atoms with van der Waals surface area (Å²) in [4.78, 5) is 18.5. The van der Waals surface area contributed by atoms with Crippen LogP contribution in [0.5, 0.6) is 0 Å². The maximum Gasteiger partial charge on any atom is 0.230 e. The molecular weight excluding hydrogens is 388 g/mol. The molecule has 0 aliphatic heterocycles. The van der Waals surface area contributed by atoms with Gasteiger partial charge in [0.2, 0.25) is 5.91 Å². The predicted octanol–water partition coefficient (Wildman–Crippen LogP) is 5.87. The minimum Gasteiger partial charge on any atom is -0.355 e. The van der Waals surface area contributed by atoms with E-state index in [1.54, 1.807) is 11.8 Å². The van der Waals surface area contributed by atoms with Crippen LogP contribution in [0, 0.1) is 0 Å². The molecule has 28 heavy (non-hydrogen) atoms. The number of carbonyl (C=O) groups is 1. The number of amides is 1. The molecule has 0 spiro atoms. The van der Waals surface area contributed by atoms with E-state index in [0.717, 1.165) is 41.7 Å². The third-order valence-corrected chi connectivity index (χ3v) is 7.07. The highest BCUT2D eigenvalue weighted by molar-refractivity contribution is 8.00. The van der Waals surface area contributed by atoms with E-state index in [4.69, 9.17) is 16.6 Å². The van der Waals surface area contributed by atoms with E-state index in [0.29, 0.717) is 5.75 Å². The Labute approximate surface area is 176 Å². The van der Waals surface area contributed by atoms with Crippen LogP contribution >= 0.6 is 23.4 Å². The summed E-state index contributed by atoms with van der Waals surface area (Å²) in [5.41, 5.74) is 5.01. The van der Waals surface area contributed by atoms with Gasteiger partial charge in [-0.25, -0.2) is 0 Å². The van der Waals surface area contributed by atoms with Crippen LogP contribution in [0.25, 0.3) is 10.9 Å². The van der Waals surface area contributed by atoms with Crippen LogP contribution in [-0.2, 0) is 17.6 Å². The van der Waals surface area contributed by atoms with Crippen LogP contribution in [-0.4, -0.2) is 23.2 Å². The number of halogens is 1. The largest absolute Gasteiger partial charge is 0.355 e. The van der Waals surface area contributed by atoms with Crippen molar-refractivity contribution in [2.45, 2.75) is 62.7 Å². The number of thioether (sulfide) groups is 1. The van der Waals surface area contributed by atoms with E-state index in [1.807, 2.05) is 18.2 Å². The molecule has 0 saturated heterocycles. The van der Waals surface area contributed by atoms with Crippen LogP contribution in [0.1, 0.15) is 56.2 Å². The van der Waals surface area contributed by atoms with Gasteiger partial charge in [-0.1, -0.05) is 23.3 Å². The number of hydrogen-bond donors (Lipinski definition) is 1. The van der Waals surface area contributed by atoms with Gasteiger partial charge in [0, 0.05) is 27.5 Å². The van der Waals surface area contributed by atoms with Crippen LogP contribution in [0.4, 0.5) is 0 Å². The molecule has 0 unspecified atom stereocenters. The van der Waals surface area contributed by atoms with Crippen LogP contribution in [0.3, 0.4) is 0 Å². The van der Waals surface area contributed by atoms with Crippen molar-refractivity contribution in [1.82, 2.24) is 10.3 Å². The van der Waals surface area contributed by atoms with Crippen LogP contribution < -0.4 is 5.32 Å². The zero-order valence-corrected chi connectivity index (χ0v) is 17.8. The molecule has 5 heteroatoms. The molecule has 1 aromatic heterocycles. The lowest BCUT2D eigenvalue weighted by Gasteiger charge is -2.20. The quantitative estimate of drug-likeness (QED) is 0.475. The van der Waals surface area contributed by atoms with Gasteiger partial charge in [0.25, 0.3) is 0 Å². The van der Waals surface area contributed by atoms with E-state index in [9.17, 15) is 4.79 Å². The molecule has 0 bridgehead atoms. The lowest BCUT2D eigenvalue weighted by atomic mass is 9.94. The molecule has 148 valence electrons. The molecule has 0 radical (unpaired) electrons. The first-order chi connectivity index (χ1) is 13.7. The molecule has 1 aromatic carbocycles. The average Bonchev–Trinajstić information content (AvgIpc) is 2.72. The summed E-state index contributed by atoms with van der Waals surface area (Å²) in [6.07, 6.45) is 12.8. The number of rotatable bonds is 6. The van der Waals surface area contributed by atoms with E-state index in [-0.39, 0.29) is 5.91 Å². The van der Waals surface area contributed by atoms with Crippen LogP contribution in [0.15, 0.2) is 34.7 Å². The molecule has 0 atom stereocenters. The van der Waals surface area contributed by atoms with Gasteiger partial charge >= 0.3 is 0 Å². The van der Waals surface area contributed by atoms with Gasteiger partial charge in [0.05, 0.1) is 11.3 Å². The Hall–Kier alpha value is -1.52. The van der Waals surface area contributed by atoms with Crippen LogP contribution in [0.2, 0.25) is 5.02 Å². The second-order valence-electron chi connectivity index (χ2n) is 7.73. The summed E-state index contributed by atoms with van der Waals surface area (Å²) >= 11 is 7.90. The third kappa shape index (κ3) is 4.72. The number of aryl methyl sites for hydroxylation is 1. The van der Waals surface area contributed by atoms with Gasteiger partial charge in [-0.15, -0.1) is 11.8 Å². The highest BCUT2D eigenvalue weighted by atomic mass is 35.5. The zero-order chi connectivity index (χ0) is 19.3. The van der Waals surface area contributed by atoms with Crippen molar-refractivity contribution < 1.29 is 4.79 Å². The normalized spacial score (nSPS) is 16.5. The molecule has 0 saturated carbocycles. The van der Waals surface area contributed by atoms with Crippen molar-refractivity contribution in [3.63, 3.8) is 0 Å². The SMILES string of the molecule is O=C(CSc1c2c(nc3ccc(Cl)cc13)CCCC2)NCCC1=CCCCC1. The fourth-order valence-corrected chi connectivity index (χ4v) is 5.46. The molecule has 2 aromatic rings. The minimum absolute atomic E-state index is 0.109. The summed E-state index contributed by atoms with van der Waals surface area (Å²) in [6.45, 7) is 0.742. The Morgan fingerprint density at radius 1 is 1.14 bits per heavy atom. The highest BCUT2D eigenvalue weighted by Gasteiger charge is 2.19. The molecule has 3 nitrogen and oxygen atoms in total. The first-order valence-corrected chi connectivity index (χ1v) is 11.8. The lowest BCUT2D eigenvalue weighted by Crippen LogP contribution is -2.26. The van der Waals surface area contributed by atoms with Crippen molar-refractivity contribution in [1.29, 1.82) is 0 Å². The van der Waals surface area contributed by atoms with E-state index >= 15 is 0 Å². The standard InChI is InChI=1S/C23H27ClN2OS/c24-17-10-11-21-19(14-17)23(18-8-4-5-9-20(18)26-21)28-15-22(27)25-13-12-16-6-2-1-3-7-16/h6,10-11,14H,1-5,7-9,12-13,15H2,(H,25,27). The number of nitrogens with zero attached hydrogens (tertiary/aromatic N) is 1. The molecule has 1 heterocycles. The molecule has 1 N–H and O–H groups in total. The molecular formula is C23H27ClN2OS. The molecule has 0 fully saturated rings. The Morgan fingerprint density at radius 3 is 2.86 bits per heavy atom. The minimum atomic E-state index is 0.109. The average molecular weight is 415 g/mol. The van der Waals surface area contributed by atoms with Crippen molar-refractivity contribution in [3.8, 4) is 0 Å². The topological polar surface area (TPSA) is 42.0 Å². The zero-order valence-electron chi connectivity index (χ0n) is 16.2. The van der Waals surface area contributed by atoms with Gasteiger partial charge in [0.15, 0.2) is 0 Å². The number of nitrogens with one attached hydrogen (secondary N) is 1. The summed E-state index contributed by atoms with van der Waals surface area (Å²) in [5.74, 6) is 0.551. The first-order valence-electron chi connectivity index (χ1n) is 10.4. The number of fused-ring (bicyclic) bond motifs is 2. The first kappa shape index (κ1) is 19.8. The van der Waals surface area contributed by atoms with Crippen molar-refractivity contribution >= 4 is 40.2 Å². The fraction of sp³-hybridized carbons (Fsp3) is 0.478. The Balaban J connectivity index is 1.44. The number of aromatic nitrogens is 1. The van der Waals surface area contributed by atoms with Gasteiger partial charge in [-0.3, -0.25) is 9.78 Å². The smallest absolute Gasteiger partial charge is 0.230 e.